The Bertz CT molecular complexity index is 1190. The number of pyridine rings is 2. The van der Waals surface area contributed by atoms with Gasteiger partial charge in [0.1, 0.15) is 10.5 Å². The Kier molecular flexibility index (Phi) is 4.83. The lowest BCUT2D eigenvalue weighted by atomic mass is 9.98. The minimum absolute atomic E-state index is 0.211. The van der Waals surface area contributed by atoms with Crippen LogP contribution in [0.1, 0.15) is 10.4 Å². The lowest BCUT2D eigenvalue weighted by molar-refractivity contribution is 0.109. The Morgan fingerprint density at radius 3 is 2.63 bits per heavy atom. The molecular weight excluding hydrogens is 379 g/mol. The van der Waals surface area contributed by atoms with Gasteiger partial charge < -0.3 is 4.98 Å². The maximum absolute atomic E-state index is 14.0. The molecule has 0 unspecified atom stereocenters. The highest BCUT2D eigenvalue weighted by atomic mass is 32.2. The van der Waals surface area contributed by atoms with Crippen molar-refractivity contribution in [3.8, 4) is 11.1 Å². The summed E-state index contributed by atoms with van der Waals surface area (Å²) in [6.45, 7) is 0. The van der Waals surface area contributed by atoms with Gasteiger partial charge in [0.25, 0.3) is 0 Å². The fraction of sp³-hybridized carbons (Fsp3) is 0. The normalized spacial score (nSPS) is 10.9. The van der Waals surface area contributed by atoms with Crippen molar-refractivity contribution in [3.05, 3.63) is 89.1 Å². The lowest BCUT2D eigenvalue weighted by Gasteiger charge is -2.13. The first-order valence-electron chi connectivity index (χ1n) is 8.16. The highest BCUT2D eigenvalue weighted by Gasteiger charge is 2.20. The molecule has 0 aliphatic heterocycles. The molecule has 132 valence electrons. The molecule has 0 saturated heterocycles. The largest absolute Gasteiger partial charge is 0.346 e. The molecule has 3 nitrogen and oxygen atoms in total. The van der Waals surface area contributed by atoms with E-state index < -0.39 is 5.82 Å². The third-order valence-electron chi connectivity index (χ3n) is 4.09. The predicted molar refractivity (Wildman–Crippen MR) is 109 cm³/mol. The molecule has 0 aliphatic rings. The number of benzene rings is 2. The second-order valence-electron chi connectivity index (χ2n) is 5.84. The average Bonchev–Trinajstić information content (AvgIpc) is 2.68. The maximum atomic E-state index is 14.0. The zero-order valence-corrected chi connectivity index (χ0v) is 15.6. The molecule has 0 atom stereocenters. The van der Waals surface area contributed by atoms with Crippen molar-refractivity contribution in [3.63, 3.8) is 0 Å². The summed E-state index contributed by atoms with van der Waals surface area (Å²) in [5, 5.41) is 0.293. The van der Waals surface area contributed by atoms with E-state index in [0.29, 0.717) is 31.6 Å². The number of halogens is 1. The van der Waals surface area contributed by atoms with Crippen molar-refractivity contribution in [2.24, 2.45) is 0 Å². The lowest BCUT2D eigenvalue weighted by Crippen LogP contribution is -2.02. The van der Waals surface area contributed by atoms with Crippen LogP contribution in [0, 0.1) is 10.5 Å². The first kappa shape index (κ1) is 17.6. The van der Waals surface area contributed by atoms with Gasteiger partial charge in [-0.1, -0.05) is 42.5 Å². The number of fused-ring (bicyclic) bond motifs is 1. The number of rotatable bonds is 3. The Morgan fingerprint density at radius 2 is 1.89 bits per heavy atom. The molecule has 0 radical (unpaired) electrons. The first-order chi connectivity index (χ1) is 13.1. The monoisotopic (exact) mass is 392 g/mol. The summed E-state index contributed by atoms with van der Waals surface area (Å²) in [5.74, 6) is -0.410. The predicted octanol–water partition coefficient (Wildman–Crippen LogP) is 6.03. The molecule has 2 aromatic heterocycles. The van der Waals surface area contributed by atoms with E-state index in [0.717, 1.165) is 17.3 Å². The van der Waals surface area contributed by atoms with E-state index in [1.807, 2.05) is 36.4 Å². The summed E-state index contributed by atoms with van der Waals surface area (Å²) < 4.78 is 14.4. The molecule has 4 rings (SSSR count). The van der Waals surface area contributed by atoms with Crippen LogP contribution in [0.3, 0.4) is 0 Å². The molecule has 2 aromatic carbocycles. The minimum atomic E-state index is -0.410. The summed E-state index contributed by atoms with van der Waals surface area (Å²) in [4.78, 5) is 21.1. The topological polar surface area (TPSA) is 45.8 Å². The number of aromatic nitrogens is 2. The van der Waals surface area contributed by atoms with E-state index in [1.54, 1.807) is 24.5 Å². The molecule has 4 aromatic rings. The summed E-state index contributed by atoms with van der Waals surface area (Å²) >= 11 is 6.59. The first-order valence-corrected chi connectivity index (χ1v) is 9.39. The molecule has 27 heavy (non-hydrogen) atoms. The third kappa shape index (κ3) is 3.54. The Morgan fingerprint density at radius 1 is 1.07 bits per heavy atom. The van der Waals surface area contributed by atoms with Gasteiger partial charge in [-0.15, -0.1) is 0 Å². The molecule has 2 heterocycles. The van der Waals surface area contributed by atoms with E-state index in [-0.39, 0.29) is 5.12 Å². The number of carbonyl (C=O) groups is 1. The van der Waals surface area contributed by atoms with Crippen molar-refractivity contribution in [2.75, 3.05) is 0 Å². The van der Waals surface area contributed by atoms with Crippen molar-refractivity contribution in [1.29, 1.82) is 0 Å². The molecule has 1 N–H and O–H groups in total. The van der Waals surface area contributed by atoms with Gasteiger partial charge in [-0.2, -0.15) is 0 Å². The molecule has 0 aliphatic carbocycles. The Balaban J connectivity index is 1.99. The van der Waals surface area contributed by atoms with Crippen LogP contribution in [0.15, 0.2) is 78.0 Å². The minimum Gasteiger partial charge on any atom is -0.346 e. The van der Waals surface area contributed by atoms with Crippen LogP contribution < -0.4 is 0 Å². The highest BCUT2D eigenvalue weighted by molar-refractivity contribution is 8.14. The van der Waals surface area contributed by atoms with E-state index in [1.165, 1.54) is 12.1 Å². The third-order valence-corrected chi connectivity index (χ3v) is 5.26. The Labute approximate surface area is 164 Å². The number of hydrogen-bond donors (Lipinski definition) is 1. The summed E-state index contributed by atoms with van der Waals surface area (Å²) in [6.07, 6.45) is 3.27. The van der Waals surface area contributed by atoms with E-state index in [4.69, 9.17) is 12.2 Å². The zero-order valence-electron chi connectivity index (χ0n) is 14.0. The van der Waals surface area contributed by atoms with Gasteiger partial charge in [-0.3, -0.25) is 9.78 Å². The molecule has 0 bridgehead atoms. The van der Waals surface area contributed by atoms with E-state index >= 15 is 0 Å². The maximum Gasteiger partial charge on any atom is 0.225 e. The molecule has 0 amide bonds. The molecular formula is C21H13FN2OS2. The molecule has 0 fully saturated rings. The smallest absolute Gasteiger partial charge is 0.225 e. The number of nitrogens with one attached hydrogen (secondary N) is 1. The van der Waals surface area contributed by atoms with Crippen LogP contribution in [-0.4, -0.2) is 15.1 Å². The van der Waals surface area contributed by atoms with Crippen LogP contribution in [0.25, 0.3) is 22.0 Å². The summed E-state index contributed by atoms with van der Waals surface area (Å²) in [6, 6.07) is 17.3. The van der Waals surface area contributed by atoms with Crippen LogP contribution in [0.2, 0.25) is 0 Å². The number of thioether (sulfide) groups is 1. The fourth-order valence-electron chi connectivity index (χ4n) is 2.92. The summed E-state index contributed by atoms with van der Waals surface area (Å²) in [5.41, 5.74) is 2.43. The fourth-order valence-corrected chi connectivity index (χ4v) is 4.04. The number of carbonyl (C=O) groups excluding carboxylic acids is 1. The number of hydrogen-bond acceptors (Lipinski definition) is 4. The second kappa shape index (κ2) is 7.42. The molecule has 0 spiro atoms. The van der Waals surface area contributed by atoms with Crippen molar-refractivity contribution >= 4 is 40.0 Å². The van der Waals surface area contributed by atoms with Crippen molar-refractivity contribution < 1.29 is 9.18 Å². The number of H-pyrrole nitrogens is 1. The van der Waals surface area contributed by atoms with Crippen molar-refractivity contribution in [1.82, 2.24) is 9.97 Å². The van der Waals surface area contributed by atoms with Crippen molar-refractivity contribution in [2.45, 2.75) is 4.90 Å². The van der Waals surface area contributed by atoms with Gasteiger partial charge in [0.15, 0.2) is 0 Å². The second-order valence-corrected chi connectivity index (χ2v) is 7.29. The van der Waals surface area contributed by atoms with Gasteiger partial charge in [0, 0.05) is 39.3 Å². The van der Waals surface area contributed by atoms with Gasteiger partial charge >= 0.3 is 0 Å². The SMILES string of the molecule is O=C(Sc1cccnc1)c1c(-c2ccccc2)c(=S)[nH]c2ccc(F)cc12. The van der Waals surface area contributed by atoms with E-state index in [2.05, 4.69) is 9.97 Å². The van der Waals surface area contributed by atoms with Gasteiger partial charge in [0.2, 0.25) is 5.12 Å². The van der Waals surface area contributed by atoms with Gasteiger partial charge in [0.05, 0.1) is 0 Å². The van der Waals surface area contributed by atoms with Gasteiger partial charge in [-0.25, -0.2) is 4.39 Å². The highest BCUT2D eigenvalue weighted by Crippen LogP contribution is 2.35. The Hall–Kier alpha value is -2.83. The number of aromatic amines is 1. The average molecular weight is 392 g/mol. The summed E-state index contributed by atoms with van der Waals surface area (Å²) in [7, 11) is 0. The number of nitrogens with zero attached hydrogens (tertiary/aromatic N) is 1. The van der Waals surface area contributed by atoms with Crippen LogP contribution in [-0.2, 0) is 0 Å². The molecule has 0 saturated carbocycles. The molecule has 6 heteroatoms. The zero-order chi connectivity index (χ0) is 18.8. The van der Waals surface area contributed by atoms with Gasteiger partial charge in [-0.05, 0) is 47.7 Å². The van der Waals surface area contributed by atoms with E-state index in [9.17, 15) is 9.18 Å². The van der Waals surface area contributed by atoms with Crippen LogP contribution >= 0.6 is 24.0 Å². The van der Waals surface area contributed by atoms with Crippen LogP contribution in [0.4, 0.5) is 4.39 Å². The quantitative estimate of drug-likeness (QED) is 0.341. The standard InChI is InChI=1S/C21H13FN2OS2/c22-14-8-9-17-16(11-14)19(21(25)27-15-7-4-10-23-12-15)18(20(26)24-17)13-5-2-1-3-6-13/h1-12H,(H,24,26). The van der Waals surface area contributed by atoms with Crippen LogP contribution in [0.5, 0.6) is 0 Å².